The highest BCUT2D eigenvalue weighted by Gasteiger charge is 2.27. The second-order valence-electron chi connectivity index (χ2n) is 3.32. The van der Waals surface area contributed by atoms with Crippen molar-refractivity contribution >= 4 is 11.8 Å². The summed E-state index contributed by atoms with van der Waals surface area (Å²) in [4.78, 5) is 22.4. The molecule has 1 unspecified atom stereocenters. The molecule has 3 heteroatoms. The average molecular weight is 193 g/mol. The van der Waals surface area contributed by atoms with E-state index in [-0.39, 0.29) is 17.7 Å². The Bertz CT molecular complexity index is 292. The van der Waals surface area contributed by atoms with E-state index in [0.717, 1.165) is 12.0 Å². The largest absolute Gasteiger partial charge is 0.296 e. The van der Waals surface area contributed by atoms with Crippen LogP contribution in [0, 0.1) is 5.92 Å². The van der Waals surface area contributed by atoms with E-state index < -0.39 is 0 Å². The molecule has 1 aliphatic rings. The lowest BCUT2D eigenvalue weighted by Gasteiger charge is -2.21. The number of carbonyl (C=O) groups excluding carboxylic acids is 2. The standard InChI is InChI=1S/C11H15NO2/c1-3-5-8(4-2)9-6-7-10(13)12-11(9)14/h4-5,9H,2-3,6-7H2,1H3,(H,12,13,14)/b8-5+. The molecule has 1 rings (SSSR count). The summed E-state index contributed by atoms with van der Waals surface area (Å²) in [5, 5.41) is 2.34. The third-order valence-corrected chi connectivity index (χ3v) is 2.32. The Morgan fingerprint density at radius 3 is 2.86 bits per heavy atom. The van der Waals surface area contributed by atoms with Crippen LogP contribution in [0.2, 0.25) is 0 Å². The second-order valence-corrected chi connectivity index (χ2v) is 3.32. The molecule has 2 amide bonds. The van der Waals surface area contributed by atoms with Crippen molar-refractivity contribution in [2.24, 2.45) is 5.92 Å². The zero-order valence-corrected chi connectivity index (χ0v) is 8.38. The minimum atomic E-state index is -0.194. The predicted molar refractivity (Wildman–Crippen MR) is 54.4 cm³/mol. The lowest BCUT2D eigenvalue weighted by atomic mass is 9.89. The molecule has 14 heavy (non-hydrogen) atoms. The first-order chi connectivity index (χ1) is 6.69. The van der Waals surface area contributed by atoms with Gasteiger partial charge < -0.3 is 0 Å². The highest BCUT2D eigenvalue weighted by Crippen LogP contribution is 2.22. The molecule has 1 saturated heterocycles. The maximum atomic E-state index is 11.5. The zero-order chi connectivity index (χ0) is 10.6. The van der Waals surface area contributed by atoms with Crippen molar-refractivity contribution in [2.75, 3.05) is 0 Å². The second kappa shape index (κ2) is 4.74. The van der Waals surface area contributed by atoms with Crippen molar-refractivity contribution in [1.29, 1.82) is 0 Å². The summed E-state index contributed by atoms with van der Waals surface area (Å²) in [6.45, 7) is 5.68. The molecule has 0 radical (unpaired) electrons. The molecule has 0 aliphatic carbocycles. The summed E-state index contributed by atoms with van der Waals surface area (Å²) in [5.41, 5.74) is 0.928. The van der Waals surface area contributed by atoms with E-state index in [1.54, 1.807) is 6.08 Å². The number of nitrogens with one attached hydrogen (secondary N) is 1. The first-order valence-electron chi connectivity index (χ1n) is 4.85. The third kappa shape index (κ3) is 2.31. The average Bonchev–Trinajstić information content (AvgIpc) is 2.15. The predicted octanol–water partition coefficient (Wildman–Crippen LogP) is 1.56. The van der Waals surface area contributed by atoms with Gasteiger partial charge in [0.25, 0.3) is 0 Å². The molecule has 1 aliphatic heterocycles. The molecular weight excluding hydrogens is 178 g/mol. The molecule has 1 N–H and O–H groups in total. The monoisotopic (exact) mass is 193 g/mol. The Balaban J connectivity index is 2.77. The Kier molecular flexibility index (Phi) is 3.63. The van der Waals surface area contributed by atoms with Crippen LogP contribution in [0.1, 0.15) is 26.2 Å². The van der Waals surface area contributed by atoms with Gasteiger partial charge in [-0.1, -0.05) is 25.7 Å². The van der Waals surface area contributed by atoms with E-state index in [4.69, 9.17) is 0 Å². The van der Waals surface area contributed by atoms with Gasteiger partial charge in [0.05, 0.1) is 5.92 Å². The van der Waals surface area contributed by atoms with Gasteiger partial charge in [0.2, 0.25) is 11.8 Å². The number of hydrogen-bond donors (Lipinski definition) is 1. The summed E-state index contributed by atoms with van der Waals surface area (Å²) in [6.07, 6.45) is 5.57. The molecule has 3 nitrogen and oxygen atoms in total. The number of rotatable bonds is 3. The normalized spacial score (nSPS) is 23.2. The van der Waals surface area contributed by atoms with E-state index in [9.17, 15) is 9.59 Å². The van der Waals surface area contributed by atoms with Gasteiger partial charge in [0.15, 0.2) is 0 Å². The van der Waals surface area contributed by atoms with Crippen LogP contribution >= 0.6 is 0 Å². The molecule has 0 bridgehead atoms. The molecule has 0 saturated carbocycles. The first kappa shape index (κ1) is 10.7. The Labute approximate surface area is 83.9 Å². The first-order valence-corrected chi connectivity index (χ1v) is 4.85. The lowest BCUT2D eigenvalue weighted by Crippen LogP contribution is -2.41. The SMILES string of the molecule is C=C/C(=C\CC)C1CCC(=O)NC1=O. The van der Waals surface area contributed by atoms with Crippen LogP contribution in [0.25, 0.3) is 0 Å². The Morgan fingerprint density at radius 2 is 2.36 bits per heavy atom. The van der Waals surface area contributed by atoms with Gasteiger partial charge in [-0.15, -0.1) is 0 Å². The molecule has 1 heterocycles. The highest BCUT2D eigenvalue weighted by atomic mass is 16.2. The molecule has 76 valence electrons. The van der Waals surface area contributed by atoms with Gasteiger partial charge in [-0.2, -0.15) is 0 Å². The van der Waals surface area contributed by atoms with Crippen molar-refractivity contribution in [3.8, 4) is 0 Å². The molecule has 1 atom stereocenters. The summed E-state index contributed by atoms with van der Waals surface area (Å²) in [5.74, 6) is -0.558. The van der Waals surface area contributed by atoms with Crippen molar-refractivity contribution in [2.45, 2.75) is 26.2 Å². The minimum Gasteiger partial charge on any atom is -0.296 e. The maximum Gasteiger partial charge on any atom is 0.234 e. The summed E-state index contributed by atoms with van der Waals surface area (Å²) in [6, 6.07) is 0. The van der Waals surface area contributed by atoms with Gasteiger partial charge in [-0.25, -0.2) is 0 Å². The molecule has 0 aromatic rings. The Hall–Kier alpha value is -1.38. The van der Waals surface area contributed by atoms with Gasteiger partial charge in [-0.05, 0) is 18.4 Å². The maximum absolute atomic E-state index is 11.5. The number of amides is 2. The minimum absolute atomic E-state index is 0.175. The summed E-state index contributed by atoms with van der Waals surface area (Å²) in [7, 11) is 0. The lowest BCUT2D eigenvalue weighted by molar-refractivity contribution is -0.135. The number of hydrogen-bond acceptors (Lipinski definition) is 2. The van der Waals surface area contributed by atoms with Crippen LogP contribution in [0.3, 0.4) is 0 Å². The quantitative estimate of drug-likeness (QED) is 0.546. The molecule has 0 spiro atoms. The molecule has 0 aromatic heterocycles. The fourth-order valence-electron chi connectivity index (χ4n) is 1.62. The number of allylic oxidation sites excluding steroid dienone is 2. The van der Waals surface area contributed by atoms with Crippen molar-refractivity contribution in [3.63, 3.8) is 0 Å². The van der Waals surface area contributed by atoms with Crippen molar-refractivity contribution in [3.05, 3.63) is 24.3 Å². The fourth-order valence-corrected chi connectivity index (χ4v) is 1.62. The van der Waals surface area contributed by atoms with E-state index in [2.05, 4.69) is 11.9 Å². The summed E-state index contributed by atoms with van der Waals surface area (Å²) >= 11 is 0. The molecule has 0 aromatic carbocycles. The Morgan fingerprint density at radius 1 is 1.64 bits per heavy atom. The zero-order valence-electron chi connectivity index (χ0n) is 8.38. The summed E-state index contributed by atoms with van der Waals surface area (Å²) < 4.78 is 0. The number of piperidine rings is 1. The van der Waals surface area contributed by atoms with Crippen LogP contribution in [0.15, 0.2) is 24.3 Å². The number of carbonyl (C=O) groups is 2. The highest BCUT2D eigenvalue weighted by molar-refractivity contribution is 6.00. The van der Waals surface area contributed by atoms with Crippen LogP contribution < -0.4 is 5.32 Å². The number of imide groups is 1. The van der Waals surface area contributed by atoms with Crippen molar-refractivity contribution in [1.82, 2.24) is 5.32 Å². The fraction of sp³-hybridized carbons (Fsp3) is 0.455. The van der Waals surface area contributed by atoms with Crippen LogP contribution in [-0.4, -0.2) is 11.8 Å². The van der Waals surface area contributed by atoms with Crippen LogP contribution in [-0.2, 0) is 9.59 Å². The van der Waals surface area contributed by atoms with Crippen LogP contribution in [0.4, 0.5) is 0 Å². The van der Waals surface area contributed by atoms with E-state index in [1.165, 1.54) is 0 Å². The van der Waals surface area contributed by atoms with Gasteiger partial charge in [0, 0.05) is 6.42 Å². The third-order valence-electron chi connectivity index (χ3n) is 2.32. The topological polar surface area (TPSA) is 46.2 Å². The van der Waals surface area contributed by atoms with Gasteiger partial charge >= 0.3 is 0 Å². The van der Waals surface area contributed by atoms with Crippen molar-refractivity contribution < 1.29 is 9.59 Å². The van der Waals surface area contributed by atoms with E-state index in [0.29, 0.717) is 12.8 Å². The molecule has 1 fully saturated rings. The van der Waals surface area contributed by atoms with Crippen LogP contribution in [0.5, 0.6) is 0 Å². The van der Waals surface area contributed by atoms with E-state index in [1.807, 2.05) is 13.0 Å². The molecular formula is C11H15NO2. The van der Waals surface area contributed by atoms with Gasteiger partial charge in [0.1, 0.15) is 0 Å². The smallest absolute Gasteiger partial charge is 0.234 e. The van der Waals surface area contributed by atoms with E-state index >= 15 is 0 Å². The van der Waals surface area contributed by atoms with Gasteiger partial charge in [-0.3, -0.25) is 14.9 Å².